The molecule has 142 valence electrons. The number of nitrogens with one attached hydrogen (secondary N) is 1. The summed E-state index contributed by atoms with van der Waals surface area (Å²) in [5, 5.41) is 12.0. The number of amides is 3. The van der Waals surface area contributed by atoms with E-state index in [2.05, 4.69) is 15.7 Å². The molecule has 2 aromatic carbocycles. The van der Waals surface area contributed by atoms with Gasteiger partial charge in [0.1, 0.15) is 6.54 Å². The summed E-state index contributed by atoms with van der Waals surface area (Å²) in [7, 11) is 0. The van der Waals surface area contributed by atoms with Gasteiger partial charge in [-0.1, -0.05) is 48.5 Å². The van der Waals surface area contributed by atoms with Gasteiger partial charge in [-0.05, 0) is 30.2 Å². The Balaban J connectivity index is 1.49. The van der Waals surface area contributed by atoms with Crippen molar-refractivity contribution < 1.29 is 14.4 Å². The van der Waals surface area contributed by atoms with Crippen LogP contribution < -0.4 is 10.2 Å². The number of anilines is 2. The standard InChI is InChI=1S/C20H19N5O3/c1-2-13-8-6-7-11-15(13)21-16(26)12-24-18-17(22-23-24)19(27)25(20(18)28)14-9-4-3-5-10-14/h3-11,17-18H,2,12H2,1H3,(H,21,26)/t17-,18+/m0/s1. The minimum absolute atomic E-state index is 0.162. The van der Waals surface area contributed by atoms with Gasteiger partial charge in [-0.3, -0.25) is 19.4 Å². The van der Waals surface area contributed by atoms with Crippen LogP contribution in [0, 0.1) is 0 Å². The zero-order chi connectivity index (χ0) is 19.7. The molecule has 2 aromatic rings. The second-order valence-electron chi connectivity index (χ2n) is 6.60. The van der Waals surface area contributed by atoms with Crippen LogP contribution >= 0.6 is 0 Å². The maximum atomic E-state index is 12.9. The van der Waals surface area contributed by atoms with Crippen molar-refractivity contribution in [3.63, 3.8) is 0 Å². The van der Waals surface area contributed by atoms with Gasteiger partial charge in [0.25, 0.3) is 11.8 Å². The lowest BCUT2D eigenvalue weighted by molar-refractivity contribution is -0.123. The fraction of sp³-hybridized carbons (Fsp3) is 0.250. The van der Waals surface area contributed by atoms with E-state index in [9.17, 15) is 14.4 Å². The van der Waals surface area contributed by atoms with Gasteiger partial charge in [-0.2, -0.15) is 5.11 Å². The number of rotatable bonds is 5. The first kappa shape index (κ1) is 17.8. The molecule has 2 aliphatic rings. The topological polar surface area (TPSA) is 94.4 Å². The summed E-state index contributed by atoms with van der Waals surface area (Å²) in [4.78, 5) is 39.1. The highest BCUT2D eigenvalue weighted by Crippen LogP contribution is 2.31. The van der Waals surface area contributed by atoms with E-state index in [0.717, 1.165) is 22.6 Å². The Hall–Kier alpha value is -3.55. The molecule has 2 atom stereocenters. The second-order valence-corrected chi connectivity index (χ2v) is 6.60. The van der Waals surface area contributed by atoms with Crippen molar-refractivity contribution in [2.24, 2.45) is 10.3 Å². The van der Waals surface area contributed by atoms with Crippen molar-refractivity contribution in [3.8, 4) is 0 Å². The van der Waals surface area contributed by atoms with E-state index in [1.807, 2.05) is 31.2 Å². The van der Waals surface area contributed by atoms with E-state index in [-0.39, 0.29) is 12.5 Å². The molecule has 1 saturated heterocycles. The molecule has 3 amide bonds. The zero-order valence-electron chi connectivity index (χ0n) is 15.3. The Kier molecular flexibility index (Phi) is 4.60. The van der Waals surface area contributed by atoms with Crippen LogP contribution in [-0.2, 0) is 20.8 Å². The molecule has 0 unspecified atom stereocenters. The number of aryl methyl sites for hydroxylation is 1. The first-order valence-electron chi connectivity index (χ1n) is 9.08. The van der Waals surface area contributed by atoms with Crippen molar-refractivity contribution in [1.82, 2.24) is 5.01 Å². The summed E-state index contributed by atoms with van der Waals surface area (Å²) in [5.41, 5.74) is 2.23. The lowest BCUT2D eigenvalue weighted by Gasteiger charge is -2.20. The van der Waals surface area contributed by atoms with Crippen LogP contribution in [-0.4, -0.2) is 41.4 Å². The molecular formula is C20H19N5O3. The van der Waals surface area contributed by atoms with Crippen molar-refractivity contribution >= 4 is 29.1 Å². The third-order valence-corrected chi connectivity index (χ3v) is 4.85. The van der Waals surface area contributed by atoms with E-state index in [1.54, 1.807) is 30.3 Å². The molecule has 4 rings (SSSR count). The average Bonchev–Trinajstić information content (AvgIpc) is 3.22. The smallest absolute Gasteiger partial charge is 0.263 e. The quantitative estimate of drug-likeness (QED) is 0.808. The second kappa shape index (κ2) is 7.22. The Morgan fingerprint density at radius 3 is 2.50 bits per heavy atom. The predicted molar refractivity (Wildman–Crippen MR) is 103 cm³/mol. The summed E-state index contributed by atoms with van der Waals surface area (Å²) in [6.45, 7) is 1.84. The van der Waals surface area contributed by atoms with Crippen LogP contribution in [0.2, 0.25) is 0 Å². The van der Waals surface area contributed by atoms with Crippen molar-refractivity contribution in [2.75, 3.05) is 16.8 Å². The predicted octanol–water partition coefficient (Wildman–Crippen LogP) is 2.18. The summed E-state index contributed by atoms with van der Waals surface area (Å²) in [6, 6.07) is 14.4. The van der Waals surface area contributed by atoms with E-state index in [1.165, 1.54) is 5.01 Å². The Morgan fingerprint density at radius 1 is 1.04 bits per heavy atom. The SMILES string of the molecule is CCc1ccccc1NC(=O)CN1N=N[C@@H]2C(=O)N(c3ccccc3)C(=O)[C@@H]21. The van der Waals surface area contributed by atoms with Gasteiger partial charge >= 0.3 is 0 Å². The molecule has 0 aromatic heterocycles. The van der Waals surface area contributed by atoms with E-state index in [0.29, 0.717) is 5.69 Å². The molecular weight excluding hydrogens is 358 g/mol. The van der Waals surface area contributed by atoms with Gasteiger partial charge in [0.2, 0.25) is 5.91 Å². The highest BCUT2D eigenvalue weighted by atomic mass is 16.2. The molecule has 2 aliphatic heterocycles. The summed E-state index contributed by atoms with van der Waals surface area (Å²) in [5.74, 6) is -1.17. The minimum Gasteiger partial charge on any atom is -0.324 e. The van der Waals surface area contributed by atoms with Crippen LogP contribution in [0.3, 0.4) is 0 Å². The van der Waals surface area contributed by atoms with Gasteiger partial charge in [-0.25, -0.2) is 4.90 Å². The van der Waals surface area contributed by atoms with E-state index < -0.39 is 23.9 Å². The Morgan fingerprint density at radius 2 is 1.75 bits per heavy atom. The number of carbonyl (C=O) groups is 3. The summed E-state index contributed by atoms with van der Waals surface area (Å²) in [6.07, 6.45) is 0.781. The normalized spacial score (nSPS) is 20.6. The molecule has 0 radical (unpaired) electrons. The minimum atomic E-state index is -0.913. The van der Waals surface area contributed by atoms with Crippen LogP contribution in [0.15, 0.2) is 64.9 Å². The van der Waals surface area contributed by atoms with Gasteiger partial charge < -0.3 is 5.32 Å². The molecule has 8 heteroatoms. The number of fused-ring (bicyclic) bond motifs is 1. The number of hydrogen-bond donors (Lipinski definition) is 1. The molecule has 0 saturated carbocycles. The number of benzene rings is 2. The van der Waals surface area contributed by atoms with Crippen LogP contribution in [0.5, 0.6) is 0 Å². The van der Waals surface area contributed by atoms with E-state index >= 15 is 0 Å². The molecule has 0 bridgehead atoms. The van der Waals surface area contributed by atoms with Crippen molar-refractivity contribution in [1.29, 1.82) is 0 Å². The van der Waals surface area contributed by atoms with Gasteiger partial charge in [0, 0.05) is 5.69 Å². The maximum absolute atomic E-state index is 12.9. The van der Waals surface area contributed by atoms with Gasteiger partial charge in [0.05, 0.1) is 5.69 Å². The van der Waals surface area contributed by atoms with Crippen LogP contribution in [0.4, 0.5) is 11.4 Å². The molecule has 8 nitrogen and oxygen atoms in total. The molecule has 2 heterocycles. The molecule has 1 N–H and O–H groups in total. The largest absolute Gasteiger partial charge is 0.324 e. The maximum Gasteiger partial charge on any atom is 0.263 e. The third-order valence-electron chi connectivity index (χ3n) is 4.85. The fourth-order valence-electron chi connectivity index (χ4n) is 3.47. The van der Waals surface area contributed by atoms with Crippen LogP contribution in [0.1, 0.15) is 12.5 Å². The van der Waals surface area contributed by atoms with Gasteiger partial charge in [-0.15, -0.1) is 0 Å². The number of nitrogens with zero attached hydrogens (tertiary/aromatic N) is 4. The number of imide groups is 1. The summed E-state index contributed by atoms with van der Waals surface area (Å²) < 4.78 is 0. The first-order chi connectivity index (χ1) is 13.6. The monoisotopic (exact) mass is 377 g/mol. The highest BCUT2D eigenvalue weighted by molar-refractivity contribution is 6.25. The Labute approximate surface area is 161 Å². The average molecular weight is 377 g/mol. The van der Waals surface area contributed by atoms with E-state index in [4.69, 9.17) is 0 Å². The third kappa shape index (κ3) is 3.02. The number of carbonyl (C=O) groups excluding carboxylic acids is 3. The number of para-hydroxylation sites is 2. The molecule has 0 aliphatic carbocycles. The Bertz CT molecular complexity index is 959. The summed E-state index contributed by atoms with van der Waals surface area (Å²) >= 11 is 0. The molecule has 28 heavy (non-hydrogen) atoms. The first-order valence-corrected chi connectivity index (χ1v) is 9.08. The van der Waals surface area contributed by atoms with Gasteiger partial charge in [0.15, 0.2) is 12.1 Å². The fourth-order valence-corrected chi connectivity index (χ4v) is 3.47. The van der Waals surface area contributed by atoms with Crippen LogP contribution in [0.25, 0.3) is 0 Å². The molecule has 0 spiro atoms. The van der Waals surface area contributed by atoms with Crippen molar-refractivity contribution in [3.05, 3.63) is 60.2 Å². The zero-order valence-corrected chi connectivity index (χ0v) is 15.3. The van der Waals surface area contributed by atoms with Crippen molar-refractivity contribution in [2.45, 2.75) is 25.4 Å². The highest BCUT2D eigenvalue weighted by Gasteiger charge is 2.55. The lowest BCUT2D eigenvalue weighted by atomic mass is 10.1. The number of hydrogen-bond acceptors (Lipinski definition) is 6. The molecule has 1 fully saturated rings. The lowest BCUT2D eigenvalue weighted by Crippen LogP contribution is -2.43.